The monoisotopic (exact) mass is 399 g/mol. The fourth-order valence-corrected chi connectivity index (χ4v) is 4.80. The summed E-state index contributed by atoms with van der Waals surface area (Å²) in [5.74, 6) is 2.53. The van der Waals surface area contributed by atoms with Crippen LogP contribution in [0.5, 0.6) is 11.5 Å². The summed E-state index contributed by atoms with van der Waals surface area (Å²) in [6.45, 7) is 2.94. The lowest BCUT2D eigenvalue weighted by molar-refractivity contribution is 0.0759. The fourth-order valence-electron chi connectivity index (χ4n) is 3.53. The standard InChI is InChI=1S/C23H29NO3S/c1-4-5-6-7-17-8-10-18(11-9-17)22(25)24-14-15-28-23(24)20-16-19(26-2)12-13-21(20)27-3/h8-13,16,23H,4-7,14-15H2,1-3H3/t23-/m0/s1. The lowest BCUT2D eigenvalue weighted by atomic mass is 10.0. The molecule has 1 aliphatic heterocycles. The van der Waals surface area contributed by atoms with E-state index >= 15 is 0 Å². The number of hydrogen-bond acceptors (Lipinski definition) is 4. The zero-order valence-electron chi connectivity index (χ0n) is 16.9. The molecule has 0 bridgehead atoms. The van der Waals surface area contributed by atoms with Gasteiger partial charge in [-0.15, -0.1) is 11.8 Å². The smallest absolute Gasteiger partial charge is 0.255 e. The molecule has 0 saturated carbocycles. The number of ether oxygens (including phenoxy) is 2. The zero-order valence-corrected chi connectivity index (χ0v) is 17.8. The molecule has 0 spiro atoms. The summed E-state index contributed by atoms with van der Waals surface area (Å²) in [4.78, 5) is 15.1. The summed E-state index contributed by atoms with van der Waals surface area (Å²) >= 11 is 1.76. The highest BCUT2D eigenvalue weighted by atomic mass is 32.2. The molecule has 3 rings (SSSR count). The number of unbranched alkanes of at least 4 members (excludes halogenated alkanes) is 2. The van der Waals surface area contributed by atoms with E-state index < -0.39 is 0 Å². The highest BCUT2D eigenvalue weighted by molar-refractivity contribution is 7.99. The van der Waals surface area contributed by atoms with E-state index in [0.717, 1.165) is 41.3 Å². The van der Waals surface area contributed by atoms with Crippen molar-refractivity contribution in [3.05, 3.63) is 59.2 Å². The molecule has 2 aromatic rings. The van der Waals surface area contributed by atoms with Crippen molar-refractivity contribution in [2.45, 2.75) is 38.0 Å². The predicted molar refractivity (Wildman–Crippen MR) is 115 cm³/mol. The Hall–Kier alpha value is -2.14. The lowest BCUT2D eigenvalue weighted by Gasteiger charge is -2.26. The predicted octanol–water partition coefficient (Wildman–Crippen LogP) is 5.32. The van der Waals surface area contributed by atoms with Crippen LogP contribution in [0.3, 0.4) is 0 Å². The maximum Gasteiger partial charge on any atom is 0.255 e. The Balaban J connectivity index is 1.78. The number of carbonyl (C=O) groups is 1. The van der Waals surface area contributed by atoms with E-state index in [-0.39, 0.29) is 11.3 Å². The van der Waals surface area contributed by atoms with Crippen LogP contribution in [0.2, 0.25) is 0 Å². The molecule has 1 aliphatic rings. The maximum atomic E-state index is 13.2. The number of rotatable bonds is 8. The molecule has 1 amide bonds. The van der Waals surface area contributed by atoms with Crippen LogP contribution in [0.25, 0.3) is 0 Å². The topological polar surface area (TPSA) is 38.8 Å². The SMILES string of the molecule is CCCCCc1ccc(C(=O)N2CCS[C@H]2c2cc(OC)ccc2OC)cc1. The van der Waals surface area contributed by atoms with Crippen LogP contribution >= 0.6 is 11.8 Å². The van der Waals surface area contributed by atoms with Crippen molar-refractivity contribution in [2.24, 2.45) is 0 Å². The Morgan fingerprint density at radius 3 is 2.57 bits per heavy atom. The molecule has 0 aliphatic carbocycles. The van der Waals surface area contributed by atoms with Gasteiger partial charge in [0.25, 0.3) is 5.91 Å². The molecule has 0 unspecified atom stereocenters. The van der Waals surface area contributed by atoms with Gasteiger partial charge in [0.05, 0.1) is 14.2 Å². The van der Waals surface area contributed by atoms with Crippen LogP contribution in [0, 0.1) is 0 Å². The van der Waals surface area contributed by atoms with Crippen LogP contribution in [0.15, 0.2) is 42.5 Å². The Kier molecular flexibility index (Phi) is 7.26. The van der Waals surface area contributed by atoms with E-state index in [1.165, 1.54) is 24.8 Å². The number of amides is 1. The van der Waals surface area contributed by atoms with Crippen LogP contribution in [0.1, 0.15) is 53.0 Å². The second-order valence-electron chi connectivity index (χ2n) is 6.98. The summed E-state index contributed by atoms with van der Waals surface area (Å²) < 4.78 is 10.9. The van der Waals surface area contributed by atoms with Gasteiger partial charge in [-0.1, -0.05) is 31.9 Å². The molecule has 4 nitrogen and oxygen atoms in total. The van der Waals surface area contributed by atoms with Crippen molar-refractivity contribution in [1.82, 2.24) is 4.90 Å². The minimum Gasteiger partial charge on any atom is -0.497 e. The minimum absolute atomic E-state index is 0.0678. The number of aryl methyl sites for hydroxylation is 1. The van der Waals surface area contributed by atoms with Crippen molar-refractivity contribution >= 4 is 17.7 Å². The molecule has 1 fully saturated rings. The molecule has 150 valence electrons. The van der Waals surface area contributed by atoms with Gasteiger partial charge in [0.1, 0.15) is 16.9 Å². The molecular formula is C23H29NO3S. The van der Waals surface area contributed by atoms with E-state index in [4.69, 9.17) is 9.47 Å². The van der Waals surface area contributed by atoms with Crippen LogP contribution in [0.4, 0.5) is 0 Å². The lowest BCUT2D eigenvalue weighted by Crippen LogP contribution is -2.30. The molecule has 1 saturated heterocycles. The highest BCUT2D eigenvalue weighted by Crippen LogP contribution is 2.43. The average Bonchev–Trinajstić information content (AvgIpc) is 3.23. The van der Waals surface area contributed by atoms with Crippen LogP contribution in [-0.4, -0.2) is 37.3 Å². The largest absolute Gasteiger partial charge is 0.497 e. The number of carbonyl (C=O) groups excluding carboxylic acids is 1. The van der Waals surface area contributed by atoms with Crippen LogP contribution < -0.4 is 9.47 Å². The molecular weight excluding hydrogens is 370 g/mol. The Morgan fingerprint density at radius 1 is 1.11 bits per heavy atom. The van der Waals surface area contributed by atoms with Gasteiger partial charge in [-0.05, 0) is 48.7 Å². The first-order valence-electron chi connectivity index (χ1n) is 9.91. The molecule has 5 heteroatoms. The average molecular weight is 400 g/mol. The number of methoxy groups -OCH3 is 2. The third kappa shape index (κ3) is 4.64. The number of thioether (sulfide) groups is 1. The van der Waals surface area contributed by atoms with Gasteiger partial charge in [0.2, 0.25) is 0 Å². The second kappa shape index (κ2) is 9.87. The van der Waals surface area contributed by atoms with Crippen molar-refractivity contribution in [2.75, 3.05) is 26.5 Å². The van der Waals surface area contributed by atoms with Gasteiger partial charge in [-0.2, -0.15) is 0 Å². The van der Waals surface area contributed by atoms with Gasteiger partial charge in [0.15, 0.2) is 0 Å². The molecule has 28 heavy (non-hydrogen) atoms. The van der Waals surface area contributed by atoms with Crippen molar-refractivity contribution in [3.8, 4) is 11.5 Å². The van der Waals surface area contributed by atoms with E-state index in [1.807, 2.05) is 35.2 Å². The molecule has 0 radical (unpaired) electrons. The zero-order chi connectivity index (χ0) is 19.9. The summed E-state index contributed by atoms with van der Waals surface area (Å²) in [6.07, 6.45) is 4.74. The summed E-state index contributed by atoms with van der Waals surface area (Å²) in [7, 11) is 3.31. The Bertz CT molecular complexity index is 791. The quantitative estimate of drug-likeness (QED) is 0.563. The maximum absolute atomic E-state index is 13.2. The van der Waals surface area contributed by atoms with E-state index in [2.05, 4.69) is 19.1 Å². The normalized spacial score (nSPS) is 16.2. The van der Waals surface area contributed by atoms with Gasteiger partial charge in [-0.25, -0.2) is 0 Å². The van der Waals surface area contributed by atoms with Gasteiger partial charge in [-0.3, -0.25) is 4.79 Å². The summed E-state index contributed by atoms with van der Waals surface area (Å²) in [5, 5.41) is -0.0678. The first kappa shape index (κ1) is 20.6. The minimum atomic E-state index is -0.0678. The molecule has 0 N–H and O–H groups in total. The van der Waals surface area contributed by atoms with E-state index in [1.54, 1.807) is 26.0 Å². The Morgan fingerprint density at radius 2 is 1.89 bits per heavy atom. The van der Waals surface area contributed by atoms with Gasteiger partial charge in [0, 0.05) is 23.4 Å². The van der Waals surface area contributed by atoms with Crippen molar-refractivity contribution in [3.63, 3.8) is 0 Å². The molecule has 1 heterocycles. The van der Waals surface area contributed by atoms with Crippen molar-refractivity contribution in [1.29, 1.82) is 0 Å². The van der Waals surface area contributed by atoms with E-state index in [0.29, 0.717) is 0 Å². The third-order valence-electron chi connectivity index (χ3n) is 5.12. The first-order valence-corrected chi connectivity index (χ1v) is 11.0. The molecule has 2 aromatic carbocycles. The number of hydrogen-bond donors (Lipinski definition) is 0. The number of nitrogens with zero attached hydrogens (tertiary/aromatic N) is 1. The Labute approximate surface area is 172 Å². The number of benzene rings is 2. The van der Waals surface area contributed by atoms with Gasteiger partial charge < -0.3 is 14.4 Å². The molecule has 1 atom stereocenters. The summed E-state index contributed by atoms with van der Waals surface area (Å²) in [5.41, 5.74) is 3.02. The second-order valence-corrected chi connectivity index (χ2v) is 8.17. The fraction of sp³-hybridized carbons (Fsp3) is 0.435. The third-order valence-corrected chi connectivity index (χ3v) is 6.37. The summed E-state index contributed by atoms with van der Waals surface area (Å²) in [6, 6.07) is 13.9. The van der Waals surface area contributed by atoms with Crippen LogP contribution in [-0.2, 0) is 6.42 Å². The highest BCUT2D eigenvalue weighted by Gasteiger charge is 2.33. The van der Waals surface area contributed by atoms with E-state index in [9.17, 15) is 4.79 Å². The van der Waals surface area contributed by atoms with Gasteiger partial charge >= 0.3 is 0 Å². The molecule has 0 aromatic heterocycles. The van der Waals surface area contributed by atoms with Crippen molar-refractivity contribution < 1.29 is 14.3 Å². The first-order chi connectivity index (χ1) is 13.7.